The van der Waals surface area contributed by atoms with Crippen molar-refractivity contribution in [1.82, 2.24) is 4.90 Å². The summed E-state index contributed by atoms with van der Waals surface area (Å²) in [5, 5.41) is 0. The summed E-state index contributed by atoms with van der Waals surface area (Å²) in [7, 11) is 0. The van der Waals surface area contributed by atoms with Crippen LogP contribution in [0.2, 0.25) is 0 Å². The SMILES string of the molecule is CC1CCCN1C(=O)c1cc(C(F)(F)F)ccc1N. The Labute approximate surface area is 109 Å². The van der Waals surface area contributed by atoms with E-state index in [9.17, 15) is 18.0 Å². The van der Waals surface area contributed by atoms with Gasteiger partial charge in [0.05, 0.1) is 11.1 Å². The standard InChI is InChI=1S/C13H15F3N2O/c1-8-3-2-6-18(8)12(19)10-7-9(13(14,15)16)4-5-11(10)17/h4-5,7-8H,2-3,6,17H2,1H3. The third-order valence-corrected chi connectivity index (χ3v) is 3.42. The van der Waals surface area contributed by atoms with Crippen LogP contribution in [-0.2, 0) is 6.18 Å². The number of hydrogen-bond donors (Lipinski definition) is 1. The van der Waals surface area contributed by atoms with Crippen LogP contribution < -0.4 is 5.73 Å². The minimum absolute atomic E-state index is 0.0430. The highest BCUT2D eigenvalue weighted by Crippen LogP contribution is 2.32. The number of nitrogens with zero attached hydrogens (tertiary/aromatic N) is 1. The van der Waals surface area contributed by atoms with Crippen molar-refractivity contribution >= 4 is 11.6 Å². The van der Waals surface area contributed by atoms with Crippen molar-refractivity contribution in [2.45, 2.75) is 32.0 Å². The molecule has 1 aromatic rings. The van der Waals surface area contributed by atoms with Gasteiger partial charge in [-0.3, -0.25) is 4.79 Å². The van der Waals surface area contributed by atoms with Gasteiger partial charge in [-0.1, -0.05) is 0 Å². The van der Waals surface area contributed by atoms with Gasteiger partial charge in [0.25, 0.3) is 5.91 Å². The number of carbonyl (C=O) groups is 1. The highest BCUT2D eigenvalue weighted by Gasteiger charge is 2.33. The summed E-state index contributed by atoms with van der Waals surface area (Å²) in [4.78, 5) is 13.8. The number of benzene rings is 1. The molecule has 3 nitrogen and oxygen atoms in total. The lowest BCUT2D eigenvalue weighted by Gasteiger charge is -2.22. The Balaban J connectivity index is 2.36. The van der Waals surface area contributed by atoms with Gasteiger partial charge in [-0.2, -0.15) is 13.2 Å². The van der Waals surface area contributed by atoms with E-state index in [0.29, 0.717) is 6.54 Å². The van der Waals surface area contributed by atoms with Gasteiger partial charge >= 0.3 is 6.18 Å². The second-order valence-corrected chi connectivity index (χ2v) is 4.79. The van der Waals surface area contributed by atoms with Crippen LogP contribution in [0.1, 0.15) is 35.7 Å². The van der Waals surface area contributed by atoms with E-state index in [1.807, 2.05) is 6.92 Å². The third-order valence-electron chi connectivity index (χ3n) is 3.42. The van der Waals surface area contributed by atoms with Crippen molar-refractivity contribution in [2.24, 2.45) is 0 Å². The molecule has 1 heterocycles. The lowest BCUT2D eigenvalue weighted by Crippen LogP contribution is -2.34. The molecule has 19 heavy (non-hydrogen) atoms. The van der Waals surface area contributed by atoms with Crippen LogP contribution >= 0.6 is 0 Å². The zero-order chi connectivity index (χ0) is 14.2. The molecule has 1 unspecified atom stereocenters. The fourth-order valence-corrected chi connectivity index (χ4v) is 2.31. The lowest BCUT2D eigenvalue weighted by molar-refractivity contribution is -0.137. The summed E-state index contributed by atoms with van der Waals surface area (Å²) >= 11 is 0. The first-order chi connectivity index (χ1) is 8.80. The van der Waals surface area contributed by atoms with Gasteiger partial charge in [-0.25, -0.2) is 0 Å². The Bertz CT molecular complexity index is 499. The van der Waals surface area contributed by atoms with Crippen molar-refractivity contribution in [3.05, 3.63) is 29.3 Å². The molecule has 2 rings (SSSR count). The van der Waals surface area contributed by atoms with Crippen molar-refractivity contribution in [3.63, 3.8) is 0 Å². The Morgan fingerprint density at radius 1 is 1.42 bits per heavy atom. The van der Waals surface area contributed by atoms with E-state index < -0.39 is 17.6 Å². The van der Waals surface area contributed by atoms with Crippen LogP contribution in [0, 0.1) is 0 Å². The van der Waals surface area contributed by atoms with Gasteiger partial charge in [-0.05, 0) is 38.0 Å². The minimum atomic E-state index is -4.47. The van der Waals surface area contributed by atoms with Gasteiger partial charge in [0.15, 0.2) is 0 Å². The summed E-state index contributed by atoms with van der Waals surface area (Å²) in [5.41, 5.74) is 4.80. The summed E-state index contributed by atoms with van der Waals surface area (Å²) in [6.07, 6.45) is -2.74. The molecule has 0 aromatic heterocycles. The summed E-state index contributed by atoms with van der Waals surface area (Å²) in [6.45, 7) is 2.45. The molecule has 1 atom stereocenters. The fourth-order valence-electron chi connectivity index (χ4n) is 2.31. The number of anilines is 1. The number of rotatable bonds is 1. The maximum absolute atomic E-state index is 12.7. The second-order valence-electron chi connectivity index (χ2n) is 4.79. The predicted molar refractivity (Wildman–Crippen MR) is 65.6 cm³/mol. The molecule has 6 heteroatoms. The molecule has 0 bridgehead atoms. The van der Waals surface area contributed by atoms with Crippen LogP contribution in [-0.4, -0.2) is 23.4 Å². The van der Waals surface area contributed by atoms with Crippen LogP contribution in [0.4, 0.5) is 18.9 Å². The maximum atomic E-state index is 12.7. The molecule has 0 saturated carbocycles. The average Bonchev–Trinajstić information content (AvgIpc) is 2.73. The molecule has 1 amide bonds. The van der Waals surface area contributed by atoms with Gasteiger partial charge < -0.3 is 10.6 Å². The van der Waals surface area contributed by atoms with Crippen molar-refractivity contribution in [2.75, 3.05) is 12.3 Å². The van der Waals surface area contributed by atoms with Crippen molar-refractivity contribution < 1.29 is 18.0 Å². The van der Waals surface area contributed by atoms with E-state index in [1.54, 1.807) is 4.90 Å². The Morgan fingerprint density at radius 2 is 2.11 bits per heavy atom. The molecular formula is C13H15F3N2O. The van der Waals surface area contributed by atoms with Crippen LogP contribution in [0.15, 0.2) is 18.2 Å². The number of alkyl halides is 3. The Hall–Kier alpha value is -1.72. The number of nitrogen functional groups attached to an aromatic ring is 1. The largest absolute Gasteiger partial charge is 0.416 e. The van der Waals surface area contributed by atoms with Crippen molar-refractivity contribution in [1.29, 1.82) is 0 Å². The maximum Gasteiger partial charge on any atom is 0.416 e. The first kappa shape index (κ1) is 13.7. The Kier molecular flexibility index (Phi) is 3.43. The molecule has 2 N–H and O–H groups in total. The lowest BCUT2D eigenvalue weighted by atomic mass is 10.1. The first-order valence-electron chi connectivity index (χ1n) is 6.08. The molecule has 1 aromatic carbocycles. The van der Waals surface area contributed by atoms with E-state index in [-0.39, 0.29) is 17.3 Å². The number of amides is 1. The minimum Gasteiger partial charge on any atom is -0.398 e. The average molecular weight is 272 g/mol. The van der Waals surface area contributed by atoms with E-state index >= 15 is 0 Å². The zero-order valence-electron chi connectivity index (χ0n) is 10.5. The van der Waals surface area contributed by atoms with Crippen LogP contribution in [0.25, 0.3) is 0 Å². The van der Waals surface area contributed by atoms with E-state index in [2.05, 4.69) is 0 Å². The molecule has 0 aliphatic carbocycles. The van der Waals surface area contributed by atoms with Gasteiger partial charge in [0, 0.05) is 18.3 Å². The smallest absolute Gasteiger partial charge is 0.398 e. The van der Waals surface area contributed by atoms with Crippen molar-refractivity contribution in [3.8, 4) is 0 Å². The fraction of sp³-hybridized carbons (Fsp3) is 0.462. The topological polar surface area (TPSA) is 46.3 Å². The molecule has 1 aliphatic heterocycles. The van der Waals surface area contributed by atoms with E-state index in [1.165, 1.54) is 0 Å². The predicted octanol–water partition coefficient (Wildman–Crippen LogP) is 2.91. The zero-order valence-corrected chi connectivity index (χ0v) is 10.5. The molecule has 104 valence electrons. The molecular weight excluding hydrogens is 257 g/mol. The Morgan fingerprint density at radius 3 is 2.63 bits per heavy atom. The normalized spacial score (nSPS) is 19.8. The molecule has 1 aliphatic rings. The first-order valence-corrected chi connectivity index (χ1v) is 6.08. The summed E-state index contributed by atoms with van der Waals surface area (Å²) in [5.74, 6) is -0.423. The number of hydrogen-bond acceptors (Lipinski definition) is 2. The highest BCUT2D eigenvalue weighted by molar-refractivity contribution is 5.99. The van der Waals surface area contributed by atoms with Gasteiger partial charge in [0.1, 0.15) is 0 Å². The summed E-state index contributed by atoms with van der Waals surface area (Å²) in [6, 6.07) is 2.90. The van der Waals surface area contributed by atoms with E-state index in [4.69, 9.17) is 5.73 Å². The second kappa shape index (κ2) is 4.75. The van der Waals surface area contributed by atoms with Gasteiger partial charge in [-0.15, -0.1) is 0 Å². The van der Waals surface area contributed by atoms with Crippen LogP contribution in [0.3, 0.4) is 0 Å². The number of nitrogens with two attached hydrogens (primary N) is 1. The van der Waals surface area contributed by atoms with Crippen LogP contribution in [0.5, 0.6) is 0 Å². The molecule has 1 saturated heterocycles. The number of carbonyl (C=O) groups excluding carboxylic acids is 1. The summed E-state index contributed by atoms with van der Waals surface area (Å²) < 4.78 is 38.0. The molecule has 0 spiro atoms. The molecule has 0 radical (unpaired) electrons. The number of halogens is 3. The highest BCUT2D eigenvalue weighted by atomic mass is 19.4. The third kappa shape index (κ3) is 2.67. The number of likely N-dealkylation sites (tertiary alicyclic amines) is 1. The van der Waals surface area contributed by atoms with E-state index in [0.717, 1.165) is 31.0 Å². The quantitative estimate of drug-likeness (QED) is 0.799. The monoisotopic (exact) mass is 272 g/mol. The van der Waals surface area contributed by atoms with Gasteiger partial charge in [0.2, 0.25) is 0 Å². The molecule has 1 fully saturated rings.